The summed E-state index contributed by atoms with van der Waals surface area (Å²) in [6.07, 6.45) is 11.1. The number of benzene rings is 1. The van der Waals surface area contributed by atoms with Crippen LogP contribution in [0.3, 0.4) is 0 Å². The monoisotopic (exact) mass is 519 g/mol. The highest BCUT2D eigenvalue weighted by molar-refractivity contribution is 5.94. The van der Waals surface area contributed by atoms with Crippen molar-refractivity contribution in [3.05, 3.63) is 48.3 Å². The maximum atomic E-state index is 13.8. The molecule has 1 aromatic carbocycles. The number of likely N-dealkylation sites (N-methyl/N-ethyl adjacent to an activating group) is 1. The van der Waals surface area contributed by atoms with Gasteiger partial charge in [-0.05, 0) is 69.9 Å². The minimum Gasteiger partial charge on any atom is -0.390 e. The van der Waals surface area contributed by atoms with Crippen molar-refractivity contribution in [3.8, 4) is 0 Å². The normalized spacial score (nSPS) is 27.7. The minimum absolute atomic E-state index is 0.0419. The Kier molecular flexibility index (Phi) is 7.01. The third-order valence-corrected chi connectivity index (χ3v) is 9.40. The van der Waals surface area contributed by atoms with Gasteiger partial charge >= 0.3 is 6.03 Å². The van der Waals surface area contributed by atoms with Crippen LogP contribution in [0.1, 0.15) is 62.8 Å². The molecule has 2 aliphatic carbocycles. The zero-order valence-electron chi connectivity index (χ0n) is 22.6. The summed E-state index contributed by atoms with van der Waals surface area (Å²) >= 11 is 0. The molecule has 0 radical (unpaired) electrons. The van der Waals surface area contributed by atoms with Gasteiger partial charge in [0, 0.05) is 32.7 Å². The molecule has 9 heteroatoms. The van der Waals surface area contributed by atoms with Crippen LogP contribution in [0.4, 0.5) is 16.4 Å². The number of aromatic nitrogens is 2. The number of nitrogens with zero attached hydrogens (tertiary/aromatic N) is 6. The molecule has 0 bridgehead atoms. The van der Waals surface area contributed by atoms with Gasteiger partial charge in [0.15, 0.2) is 0 Å². The highest BCUT2D eigenvalue weighted by Crippen LogP contribution is 2.45. The molecule has 204 valence electrons. The van der Waals surface area contributed by atoms with Crippen molar-refractivity contribution < 1.29 is 9.90 Å². The number of carbonyl (C=O) groups excluding carboxylic acids is 1. The van der Waals surface area contributed by atoms with E-state index in [1.54, 1.807) is 0 Å². The molecule has 2 saturated heterocycles. The number of amides is 2. The minimum atomic E-state index is -0.569. The quantitative estimate of drug-likeness (QED) is 0.580. The fraction of sp³-hybridized carbons (Fsp3) is 0.621. The first-order valence-electron chi connectivity index (χ1n) is 14.3. The number of piperazine rings is 1. The Morgan fingerprint density at radius 1 is 1.00 bits per heavy atom. The SMILES string of the molecule is CN1CCN(c2ncc(N3CC4(CCC(c5ccccc5)CC4)N(NCCC4(O)CCC4)C3=O)cn2)CC1. The average molecular weight is 520 g/mol. The molecule has 6 rings (SSSR count). The maximum Gasteiger partial charge on any atom is 0.339 e. The third kappa shape index (κ3) is 4.99. The summed E-state index contributed by atoms with van der Waals surface area (Å²) in [6.45, 7) is 5.04. The van der Waals surface area contributed by atoms with Crippen molar-refractivity contribution in [2.45, 2.75) is 68.4 Å². The van der Waals surface area contributed by atoms with Crippen LogP contribution in [0.2, 0.25) is 0 Å². The molecule has 0 atom stereocenters. The van der Waals surface area contributed by atoms with Crippen LogP contribution in [-0.2, 0) is 0 Å². The fourth-order valence-electron chi connectivity index (χ4n) is 6.65. The second kappa shape index (κ2) is 10.4. The van der Waals surface area contributed by atoms with Crippen LogP contribution in [0.25, 0.3) is 0 Å². The van der Waals surface area contributed by atoms with Crippen molar-refractivity contribution in [2.24, 2.45) is 0 Å². The van der Waals surface area contributed by atoms with Gasteiger partial charge in [0.05, 0.1) is 35.8 Å². The fourth-order valence-corrected chi connectivity index (χ4v) is 6.65. The molecule has 4 fully saturated rings. The van der Waals surface area contributed by atoms with Gasteiger partial charge in [-0.15, -0.1) is 0 Å². The van der Waals surface area contributed by atoms with E-state index < -0.39 is 5.60 Å². The summed E-state index contributed by atoms with van der Waals surface area (Å²) in [5.41, 5.74) is 4.76. The van der Waals surface area contributed by atoms with Crippen molar-refractivity contribution in [3.63, 3.8) is 0 Å². The predicted octanol–water partition coefficient (Wildman–Crippen LogP) is 3.38. The number of hydrazine groups is 1. The van der Waals surface area contributed by atoms with Gasteiger partial charge in [0.2, 0.25) is 5.95 Å². The Balaban J connectivity index is 1.18. The number of hydrogen-bond acceptors (Lipinski definition) is 7. The molecule has 2 saturated carbocycles. The topological polar surface area (TPSA) is 88.1 Å². The molecular weight excluding hydrogens is 478 g/mol. The van der Waals surface area contributed by atoms with Crippen molar-refractivity contribution in [1.82, 2.24) is 25.3 Å². The number of rotatable bonds is 7. The zero-order chi connectivity index (χ0) is 26.2. The third-order valence-electron chi connectivity index (χ3n) is 9.40. The largest absolute Gasteiger partial charge is 0.390 e. The van der Waals surface area contributed by atoms with E-state index in [1.807, 2.05) is 22.3 Å². The first kappa shape index (κ1) is 25.5. The molecule has 2 aromatic rings. The Morgan fingerprint density at radius 2 is 1.68 bits per heavy atom. The highest BCUT2D eigenvalue weighted by atomic mass is 16.3. The van der Waals surface area contributed by atoms with Gasteiger partial charge in [-0.3, -0.25) is 9.91 Å². The number of nitrogens with one attached hydrogen (secondary N) is 1. The summed E-state index contributed by atoms with van der Waals surface area (Å²) in [4.78, 5) is 29.5. The molecule has 4 aliphatic rings. The predicted molar refractivity (Wildman–Crippen MR) is 148 cm³/mol. The molecule has 1 spiro atoms. The van der Waals surface area contributed by atoms with E-state index in [0.29, 0.717) is 25.4 Å². The molecule has 0 unspecified atom stereocenters. The van der Waals surface area contributed by atoms with E-state index >= 15 is 0 Å². The van der Waals surface area contributed by atoms with Crippen LogP contribution in [-0.4, -0.2) is 88.5 Å². The highest BCUT2D eigenvalue weighted by Gasteiger charge is 2.52. The van der Waals surface area contributed by atoms with Crippen molar-refractivity contribution in [1.29, 1.82) is 0 Å². The lowest BCUT2D eigenvalue weighted by molar-refractivity contribution is -0.0447. The molecular formula is C29H41N7O2. The summed E-state index contributed by atoms with van der Waals surface area (Å²) in [6, 6.07) is 10.7. The van der Waals surface area contributed by atoms with Gasteiger partial charge in [-0.25, -0.2) is 20.2 Å². The number of carbonyl (C=O) groups is 1. The van der Waals surface area contributed by atoms with E-state index in [2.05, 4.69) is 62.6 Å². The number of aliphatic hydroxyl groups is 1. The van der Waals surface area contributed by atoms with Crippen LogP contribution in [0, 0.1) is 0 Å². The summed E-state index contributed by atoms with van der Waals surface area (Å²) in [5, 5.41) is 12.5. The van der Waals surface area contributed by atoms with Crippen LogP contribution < -0.4 is 15.2 Å². The molecule has 38 heavy (non-hydrogen) atoms. The van der Waals surface area contributed by atoms with Crippen LogP contribution >= 0.6 is 0 Å². The number of urea groups is 1. The van der Waals surface area contributed by atoms with E-state index in [-0.39, 0.29) is 11.6 Å². The Hall–Kier alpha value is -2.75. The second-order valence-corrected chi connectivity index (χ2v) is 11.9. The lowest BCUT2D eigenvalue weighted by Crippen LogP contribution is -2.56. The molecule has 3 heterocycles. The van der Waals surface area contributed by atoms with Crippen LogP contribution in [0.5, 0.6) is 0 Å². The molecule has 9 nitrogen and oxygen atoms in total. The van der Waals surface area contributed by atoms with Gasteiger partial charge in [-0.2, -0.15) is 0 Å². The zero-order valence-corrected chi connectivity index (χ0v) is 22.6. The first-order valence-corrected chi connectivity index (χ1v) is 14.3. The van der Waals surface area contributed by atoms with Crippen molar-refractivity contribution >= 4 is 17.7 Å². The van der Waals surface area contributed by atoms with E-state index in [9.17, 15) is 9.90 Å². The maximum absolute atomic E-state index is 13.8. The summed E-state index contributed by atoms with van der Waals surface area (Å²) in [7, 11) is 2.13. The Bertz CT molecular complexity index is 1090. The van der Waals surface area contributed by atoms with Gasteiger partial charge in [0.25, 0.3) is 0 Å². The van der Waals surface area contributed by atoms with Gasteiger partial charge in [-0.1, -0.05) is 30.3 Å². The van der Waals surface area contributed by atoms with Gasteiger partial charge < -0.3 is 14.9 Å². The first-order chi connectivity index (χ1) is 18.4. The van der Waals surface area contributed by atoms with Crippen LogP contribution in [0.15, 0.2) is 42.7 Å². The standard InChI is InChI=1S/C29H41N7O2/c1-33-16-18-34(19-17-33)26-30-20-25(21-31-26)35-22-28(12-8-24(9-13-28)23-6-3-2-4-7-23)36(27(35)37)32-15-14-29(38)10-5-11-29/h2-4,6-7,20-21,24,32,38H,5,8-19,22H2,1H3. The Morgan fingerprint density at radius 3 is 2.32 bits per heavy atom. The lowest BCUT2D eigenvalue weighted by Gasteiger charge is -2.43. The smallest absolute Gasteiger partial charge is 0.339 e. The van der Waals surface area contributed by atoms with E-state index in [4.69, 9.17) is 0 Å². The summed E-state index contributed by atoms with van der Waals surface area (Å²) in [5.74, 6) is 1.25. The lowest BCUT2D eigenvalue weighted by atomic mass is 9.74. The van der Waals surface area contributed by atoms with Gasteiger partial charge in [0.1, 0.15) is 0 Å². The molecule has 2 N–H and O–H groups in total. The Labute approximate surface area is 225 Å². The summed E-state index contributed by atoms with van der Waals surface area (Å²) < 4.78 is 0. The second-order valence-electron chi connectivity index (χ2n) is 11.9. The molecule has 2 aliphatic heterocycles. The van der Waals surface area contributed by atoms with E-state index in [1.165, 1.54) is 5.56 Å². The molecule has 1 aromatic heterocycles. The number of anilines is 2. The van der Waals surface area contributed by atoms with Crippen molar-refractivity contribution in [2.75, 3.05) is 56.1 Å². The number of hydrogen-bond donors (Lipinski definition) is 2. The van der Waals surface area contributed by atoms with E-state index in [0.717, 1.165) is 82.8 Å². The average Bonchev–Trinajstić information content (AvgIpc) is 3.20. The molecule has 2 amide bonds.